The Morgan fingerprint density at radius 1 is 1.13 bits per heavy atom. The van der Waals surface area contributed by atoms with Crippen LogP contribution in [0.2, 0.25) is 0 Å². The quantitative estimate of drug-likeness (QED) is 0.806. The molecule has 0 N–H and O–H groups in total. The van der Waals surface area contributed by atoms with Crippen molar-refractivity contribution in [2.45, 2.75) is 38.8 Å². The Kier molecular flexibility index (Phi) is 5.62. The summed E-state index contributed by atoms with van der Waals surface area (Å²) in [5.74, 6) is 2.47. The maximum Gasteiger partial charge on any atom is 0.164 e. The molecular formula is C18H27NO4. The SMILES string of the molecule is CCN(Cc1cc2c(cc1OC)OCCCO2)C[C@H]1CCCO1. The standard InChI is InChI=1S/C18H27NO4/c1-3-19(13-15-6-4-7-21-15)12-14-10-17-18(11-16(14)20-2)23-9-5-8-22-17/h10-11,15H,3-9,12-13H2,1-2H3/t15-/m1/s1. The lowest BCUT2D eigenvalue weighted by Gasteiger charge is -2.25. The first-order valence-corrected chi connectivity index (χ1v) is 8.60. The molecule has 0 bridgehead atoms. The molecule has 2 heterocycles. The third-order valence-electron chi connectivity index (χ3n) is 4.48. The molecule has 0 radical (unpaired) electrons. The number of hydrogen-bond acceptors (Lipinski definition) is 5. The Hall–Kier alpha value is -1.46. The summed E-state index contributed by atoms with van der Waals surface area (Å²) >= 11 is 0. The van der Waals surface area contributed by atoms with E-state index in [-0.39, 0.29) is 0 Å². The largest absolute Gasteiger partial charge is 0.496 e. The van der Waals surface area contributed by atoms with Gasteiger partial charge in [-0.05, 0) is 25.5 Å². The molecule has 1 aromatic carbocycles. The van der Waals surface area contributed by atoms with Crippen molar-refractivity contribution in [2.24, 2.45) is 0 Å². The lowest BCUT2D eigenvalue weighted by molar-refractivity contribution is 0.0722. The maximum absolute atomic E-state index is 5.81. The molecule has 23 heavy (non-hydrogen) atoms. The molecule has 0 amide bonds. The lowest BCUT2D eigenvalue weighted by Crippen LogP contribution is -2.31. The molecule has 5 heteroatoms. The highest BCUT2D eigenvalue weighted by molar-refractivity contribution is 5.51. The van der Waals surface area contributed by atoms with Crippen LogP contribution in [0.15, 0.2) is 12.1 Å². The van der Waals surface area contributed by atoms with E-state index in [0.717, 1.165) is 61.9 Å². The van der Waals surface area contributed by atoms with Crippen molar-refractivity contribution >= 4 is 0 Å². The van der Waals surface area contributed by atoms with E-state index in [0.29, 0.717) is 19.3 Å². The molecule has 1 atom stereocenters. The van der Waals surface area contributed by atoms with Crippen LogP contribution < -0.4 is 14.2 Å². The highest BCUT2D eigenvalue weighted by Gasteiger charge is 2.21. The number of fused-ring (bicyclic) bond motifs is 1. The van der Waals surface area contributed by atoms with Crippen LogP contribution in [0.4, 0.5) is 0 Å². The highest BCUT2D eigenvalue weighted by atomic mass is 16.5. The number of ether oxygens (including phenoxy) is 4. The van der Waals surface area contributed by atoms with Gasteiger partial charge in [-0.1, -0.05) is 6.92 Å². The fourth-order valence-corrected chi connectivity index (χ4v) is 3.17. The van der Waals surface area contributed by atoms with Gasteiger partial charge in [-0.3, -0.25) is 4.90 Å². The second kappa shape index (κ2) is 7.88. The molecule has 3 rings (SSSR count). The maximum atomic E-state index is 5.81. The Balaban J connectivity index is 1.75. The molecule has 0 aromatic heterocycles. The summed E-state index contributed by atoms with van der Waals surface area (Å²) in [6, 6.07) is 4.02. The zero-order valence-electron chi connectivity index (χ0n) is 14.2. The van der Waals surface area contributed by atoms with Gasteiger partial charge >= 0.3 is 0 Å². The third-order valence-corrected chi connectivity index (χ3v) is 4.48. The molecule has 1 saturated heterocycles. The molecule has 1 fully saturated rings. The van der Waals surface area contributed by atoms with E-state index in [4.69, 9.17) is 18.9 Å². The number of methoxy groups -OCH3 is 1. The zero-order chi connectivity index (χ0) is 16.1. The van der Waals surface area contributed by atoms with Crippen LogP contribution in [0.5, 0.6) is 17.2 Å². The Labute approximate surface area is 138 Å². The fraction of sp³-hybridized carbons (Fsp3) is 0.667. The zero-order valence-corrected chi connectivity index (χ0v) is 14.2. The van der Waals surface area contributed by atoms with Gasteiger partial charge in [-0.2, -0.15) is 0 Å². The molecule has 0 unspecified atom stereocenters. The first-order chi connectivity index (χ1) is 11.3. The van der Waals surface area contributed by atoms with Gasteiger partial charge in [0.25, 0.3) is 0 Å². The average Bonchev–Trinajstić information content (AvgIpc) is 2.97. The van der Waals surface area contributed by atoms with E-state index in [1.807, 2.05) is 6.07 Å². The fourth-order valence-electron chi connectivity index (χ4n) is 3.17. The lowest BCUT2D eigenvalue weighted by atomic mass is 10.1. The van der Waals surface area contributed by atoms with Crippen molar-refractivity contribution in [2.75, 3.05) is 40.0 Å². The monoisotopic (exact) mass is 321 g/mol. The van der Waals surface area contributed by atoms with Gasteiger partial charge in [0.1, 0.15) is 5.75 Å². The second-order valence-corrected chi connectivity index (χ2v) is 6.12. The van der Waals surface area contributed by atoms with Gasteiger partial charge in [0.15, 0.2) is 11.5 Å². The van der Waals surface area contributed by atoms with Crippen molar-refractivity contribution < 1.29 is 18.9 Å². The molecule has 2 aliphatic rings. The molecule has 128 valence electrons. The number of nitrogens with zero attached hydrogens (tertiary/aromatic N) is 1. The predicted molar refractivity (Wildman–Crippen MR) is 88.5 cm³/mol. The average molecular weight is 321 g/mol. The van der Waals surface area contributed by atoms with Crippen molar-refractivity contribution in [3.63, 3.8) is 0 Å². The van der Waals surface area contributed by atoms with Crippen LogP contribution in [0, 0.1) is 0 Å². The minimum Gasteiger partial charge on any atom is -0.496 e. The summed E-state index contributed by atoms with van der Waals surface area (Å²) in [7, 11) is 1.71. The first-order valence-electron chi connectivity index (χ1n) is 8.60. The van der Waals surface area contributed by atoms with Gasteiger partial charge in [0, 0.05) is 37.7 Å². The smallest absolute Gasteiger partial charge is 0.164 e. The Morgan fingerprint density at radius 2 is 1.91 bits per heavy atom. The first kappa shape index (κ1) is 16.4. The van der Waals surface area contributed by atoms with E-state index in [1.165, 1.54) is 6.42 Å². The van der Waals surface area contributed by atoms with Gasteiger partial charge in [0.2, 0.25) is 0 Å². The second-order valence-electron chi connectivity index (χ2n) is 6.12. The van der Waals surface area contributed by atoms with E-state index in [9.17, 15) is 0 Å². The third kappa shape index (κ3) is 4.09. The van der Waals surface area contributed by atoms with Crippen LogP contribution in [0.25, 0.3) is 0 Å². The predicted octanol–water partition coefficient (Wildman–Crippen LogP) is 2.86. The van der Waals surface area contributed by atoms with Gasteiger partial charge in [0.05, 0.1) is 26.4 Å². The van der Waals surface area contributed by atoms with Gasteiger partial charge < -0.3 is 18.9 Å². The van der Waals surface area contributed by atoms with Crippen molar-refractivity contribution in [3.05, 3.63) is 17.7 Å². The Morgan fingerprint density at radius 3 is 2.57 bits per heavy atom. The topological polar surface area (TPSA) is 40.2 Å². The van der Waals surface area contributed by atoms with Gasteiger partial charge in [-0.25, -0.2) is 0 Å². The molecule has 5 nitrogen and oxygen atoms in total. The number of hydrogen-bond donors (Lipinski definition) is 0. The van der Waals surface area contributed by atoms with E-state index >= 15 is 0 Å². The summed E-state index contributed by atoms with van der Waals surface area (Å²) < 4.78 is 22.9. The van der Waals surface area contributed by atoms with Crippen LogP contribution >= 0.6 is 0 Å². The molecule has 0 spiro atoms. The highest BCUT2D eigenvalue weighted by Crippen LogP contribution is 2.37. The van der Waals surface area contributed by atoms with Crippen LogP contribution in [-0.2, 0) is 11.3 Å². The minimum atomic E-state index is 0.362. The van der Waals surface area contributed by atoms with E-state index in [1.54, 1.807) is 7.11 Å². The number of benzene rings is 1. The summed E-state index contributed by atoms with van der Waals surface area (Å²) in [4.78, 5) is 2.40. The molecule has 0 aliphatic carbocycles. The van der Waals surface area contributed by atoms with Gasteiger partial charge in [-0.15, -0.1) is 0 Å². The normalized spacial score (nSPS) is 20.6. The molecule has 1 aromatic rings. The Bertz CT molecular complexity index is 514. The van der Waals surface area contributed by atoms with E-state index in [2.05, 4.69) is 17.9 Å². The van der Waals surface area contributed by atoms with Crippen LogP contribution in [0.1, 0.15) is 31.7 Å². The summed E-state index contributed by atoms with van der Waals surface area (Å²) in [5, 5.41) is 0. The van der Waals surface area contributed by atoms with E-state index < -0.39 is 0 Å². The van der Waals surface area contributed by atoms with Crippen molar-refractivity contribution in [1.82, 2.24) is 4.90 Å². The number of likely N-dealkylation sites (N-methyl/N-ethyl adjacent to an activating group) is 1. The van der Waals surface area contributed by atoms with Crippen LogP contribution in [-0.4, -0.2) is 51.0 Å². The molecular weight excluding hydrogens is 294 g/mol. The number of rotatable bonds is 6. The summed E-state index contributed by atoms with van der Waals surface area (Å²) in [6.45, 7) is 7.25. The summed E-state index contributed by atoms with van der Waals surface area (Å²) in [6.07, 6.45) is 3.61. The summed E-state index contributed by atoms with van der Waals surface area (Å²) in [5.41, 5.74) is 1.14. The van der Waals surface area contributed by atoms with Crippen molar-refractivity contribution in [1.29, 1.82) is 0 Å². The van der Waals surface area contributed by atoms with Crippen LogP contribution in [0.3, 0.4) is 0 Å². The molecule has 2 aliphatic heterocycles. The molecule has 0 saturated carbocycles. The minimum absolute atomic E-state index is 0.362. The van der Waals surface area contributed by atoms with Crippen molar-refractivity contribution in [3.8, 4) is 17.2 Å².